The Morgan fingerprint density at radius 1 is 1.04 bits per heavy atom. The van der Waals surface area contributed by atoms with Crippen LogP contribution in [0.5, 0.6) is 0 Å². The summed E-state index contributed by atoms with van der Waals surface area (Å²) in [4.78, 5) is 54.3. The second-order valence-electron chi connectivity index (χ2n) is 13.5. The standard InChI is InChI=1S/C37H56FN5O7/c1-7-10-20-48-21-17-26(5)34(45)37(6,38)35(46)49-32(9-3)33-30(23-31(44)25(4)14-8-2)43(36(47)50-33)19-12-11-18-42-24-29(40-41-42)27-15-13-16-28(39)22-27/h13,15-16,22,24-26,30,32-33H,7-12,14,17-21,23,39H2,1-6H3/t25-,26?,30+,32?,33?,37+/m1/s1. The predicted octanol–water partition coefficient (Wildman–Crippen LogP) is 6.35. The maximum absolute atomic E-state index is 15.8. The van der Waals surface area contributed by atoms with E-state index >= 15 is 4.39 Å². The lowest BCUT2D eigenvalue weighted by molar-refractivity contribution is -0.172. The molecule has 1 fully saturated rings. The van der Waals surface area contributed by atoms with Crippen molar-refractivity contribution < 1.29 is 37.8 Å². The highest BCUT2D eigenvalue weighted by atomic mass is 19.1. The monoisotopic (exact) mass is 701 g/mol. The number of alkyl halides is 1. The molecule has 1 aliphatic rings. The largest absolute Gasteiger partial charge is 0.456 e. The summed E-state index contributed by atoms with van der Waals surface area (Å²) in [5.74, 6) is -3.28. The predicted molar refractivity (Wildman–Crippen MR) is 188 cm³/mol. The van der Waals surface area contributed by atoms with E-state index in [4.69, 9.17) is 19.9 Å². The summed E-state index contributed by atoms with van der Waals surface area (Å²) in [6, 6.07) is 6.65. The number of benzene rings is 1. The molecule has 13 heteroatoms. The smallest absolute Gasteiger partial charge is 0.410 e. The molecule has 278 valence electrons. The first-order chi connectivity index (χ1) is 23.8. The number of hydrogen-bond acceptors (Lipinski definition) is 10. The molecule has 0 spiro atoms. The molecule has 50 heavy (non-hydrogen) atoms. The Labute approximate surface area is 295 Å². The van der Waals surface area contributed by atoms with Gasteiger partial charge in [-0.05, 0) is 57.6 Å². The van der Waals surface area contributed by atoms with E-state index in [9.17, 15) is 19.2 Å². The van der Waals surface area contributed by atoms with Crippen LogP contribution in [-0.4, -0.2) is 87.2 Å². The van der Waals surface area contributed by atoms with Crippen LogP contribution in [0.2, 0.25) is 0 Å². The van der Waals surface area contributed by atoms with E-state index in [1.807, 2.05) is 45.2 Å². The van der Waals surface area contributed by atoms with Crippen molar-refractivity contribution in [3.05, 3.63) is 30.5 Å². The summed E-state index contributed by atoms with van der Waals surface area (Å²) in [5, 5.41) is 8.44. The van der Waals surface area contributed by atoms with Crippen LogP contribution in [0, 0.1) is 11.8 Å². The van der Waals surface area contributed by atoms with E-state index < -0.39 is 47.7 Å². The molecule has 6 atom stereocenters. The number of esters is 1. The fourth-order valence-electron chi connectivity index (χ4n) is 6.11. The number of carbonyl (C=O) groups is 4. The van der Waals surface area contributed by atoms with Gasteiger partial charge in [-0.15, -0.1) is 5.10 Å². The molecule has 1 amide bonds. The molecule has 1 aromatic carbocycles. The zero-order chi connectivity index (χ0) is 36.8. The summed E-state index contributed by atoms with van der Waals surface area (Å²) in [6.45, 7) is 11.7. The molecule has 2 heterocycles. The second kappa shape index (κ2) is 19.5. The third-order valence-electron chi connectivity index (χ3n) is 9.35. The van der Waals surface area contributed by atoms with Crippen molar-refractivity contribution in [3.8, 4) is 11.3 Å². The number of Topliss-reactive ketones (excluding diaryl/α,β-unsaturated/α-hetero) is 2. The van der Waals surface area contributed by atoms with Gasteiger partial charge in [-0.1, -0.05) is 64.8 Å². The summed E-state index contributed by atoms with van der Waals surface area (Å²) in [7, 11) is 0. The van der Waals surface area contributed by atoms with Crippen LogP contribution >= 0.6 is 0 Å². The van der Waals surface area contributed by atoms with Gasteiger partial charge in [0, 0.05) is 55.8 Å². The van der Waals surface area contributed by atoms with Crippen molar-refractivity contribution in [1.82, 2.24) is 19.9 Å². The molecule has 2 N–H and O–H groups in total. The lowest BCUT2D eigenvalue weighted by Gasteiger charge is -2.30. The number of unbranched alkanes of at least 4 members (excludes halogenated alkanes) is 2. The summed E-state index contributed by atoms with van der Waals surface area (Å²) < 4.78 is 34.4. The van der Waals surface area contributed by atoms with Crippen molar-refractivity contribution in [2.24, 2.45) is 11.8 Å². The van der Waals surface area contributed by atoms with E-state index in [-0.39, 0.29) is 44.1 Å². The van der Waals surface area contributed by atoms with Gasteiger partial charge in [-0.25, -0.2) is 14.0 Å². The van der Waals surface area contributed by atoms with Crippen molar-refractivity contribution in [2.75, 3.05) is 25.5 Å². The van der Waals surface area contributed by atoms with E-state index in [1.54, 1.807) is 24.6 Å². The van der Waals surface area contributed by atoms with Crippen LogP contribution in [-0.2, 0) is 35.1 Å². The number of carbonyl (C=O) groups excluding carboxylic acids is 4. The number of nitrogen functional groups attached to an aromatic ring is 1. The number of cyclic esters (lactones) is 1. The van der Waals surface area contributed by atoms with E-state index in [1.165, 1.54) is 4.90 Å². The molecular weight excluding hydrogens is 645 g/mol. The van der Waals surface area contributed by atoms with Crippen molar-refractivity contribution in [3.63, 3.8) is 0 Å². The number of ether oxygens (including phenoxy) is 3. The fourth-order valence-corrected chi connectivity index (χ4v) is 6.11. The number of aromatic nitrogens is 3. The summed E-state index contributed by atoms with van der Waals surface area (Å²) in [5.41, 5.74) is 5.17. The van der Waals surface area contributed by atoms with Gasteiger partial charge >= 0.3 is 12.1 Å². The minimum Gasteiger partial charge on any atom is -0.456 e. The minimum atomic E-state index is -2.91. The highest BCUT2D eigenvalue weighted by molar-refractivity contribution is 6.07. The average molecular weight is 702 g/mol. The third kappa shape index (κ3) is 11.1. The number of rotatable bonds is 23. The van der Waals surface area contributed by atoms with Crippen molar-refractivity contribution >= 4 is 29.3 Å². The van der Waals surface area contributed by atoms with Crippen LogP contribution < -0.4 is 5.73 Å². The molecule has 12 nitrogen and oxygen atoms in total. The number of hydrogen-bond donors (Lipinski definition) is 1. The highest BCUT2D eigenvalue weighted by Crippen LogP contribution is 2.31. The number of amides is 1. The normalized spacial score (nSPS) is 19.0. The van der Waals surface area contributed by atoms with E-state index in [2.05, 4.69) is 10.3 Å². The van der Waals surface area contributed by atoms with Gasteiger partial charge in [0.1, 0.15) is 17.6 Å². The van der Waals surface area contributed by atoms with Gasteiger partial charge in [-0.2, -0.15) is 0 Å². The van der Waals surface area contributed by atoms with Crippen LogP contribution in [0.15, 0.2) is 30.5 Å². The average Bonchev–Trinajstić information content (AvgIpc) is 3.69. The third-order valence-corrected chi connectivity index (χ3v) is 9.35. The molecule has 0 saturated carbocycles. The Balaban J connectivity index is 1.67. The van der Waals surface area contributed by atoms with Gasteiger partial charge in [0.2, 0.25) is 0 Å². The molecule has 0 radical (unpaired) electrons. The molecule has 3 unspecified atom stereocenters. The number of anilines is 1. The molecule has 0 bridgehead atoms. The zero-order valence-electron chi connectivity index (χ0n) is 30.6. The Morgan fingerprint density at radius 2 is 1.78 bits per heavy atom. The molecule has 3 rings (SSSR count). The number of nitrogens with zero attached hydrogens (tertiary/aromatic N) is 4. The van der Waals surface area contributed by atoms with E-state index in [0.717, 1.165) is 31.7 Å². The zero-order valence-corrected chi connectivity index (χ0v) is 30.6. The summed E-state index contributed by atoms with van der Waals surface area (Å²) in [6.07, 6.45) is 4.16. The minimum absolute atomic E-state index is 0.000838. The fraction of sp³-hybridized carbons (Fsp3) is 0.676. The van der Waals surface area contributed by atoms with Gasteiger partial charge in [-0.3, -0.25) is 14.3 Å². The first-order valence-electron chi connectivity index (χ1n) is 18.1. The van der Waals surface area contributed by atoms with Gasteiger partial charge < -0.3 is 24.8 Å². The highest BCUT2D eigenvalue weighted by Gasteiger charge is 2.51. The SMILES string of the molecule is CCCCOCCC(C)C(=O)[C@](C)(F)C(=O)OC(CC)C1OC(=O)N(CCCCn2cc(-c3cccc(N)c3)nn2)[C@H]1CC(=O)[C@H](C)CCC. The van der Waals surface area contributed by atoms with Crippen LogP contribution in [0.4, 0.5) is 14.9 Å². The van der Waals surface area contributed by atoms with Crippen LogP contribution in [0.25, 0.3) is 11.3 Å². The first kappa shape index (κ1) is 40.6. The second-order valence-corrected chi connectivity index (χ2v) is 13.5. The molecule has 1 aromatic heterocycles. The maximum atomic E-state index is 15.8. The molecule has 1 saturated heterocycles. The molecule has 2 aromatic rings. The number of halogens is 1. The lowest BCUT2D eigenvalue weighted by atomic mass is 9.90. The number of aryl methyl sites for hydroxylation is 1. The van der Waals surface area contributed by atoms with Crippen LogP contribution in [0.3, 0.4) is 0 Å². The van der Waals surface area contributed by atoms with Crippen molar-refractivity contribution in [2.45, 2.75) is 130 Å². The maximum Gasteiger partial charge on any atom is 0.410 e. The Morgan fingerprint density at radius 3 is 2.46 bits per heavy atom. The number of ketones is 2. The summed E-state index contributed by atoms with van der Waals surface area (Å²) >= 11 is 0. The van der Waals surface area contributed by atoms with Gasteiger partial charge in [0.05, 0.1) is 12.2 Å². The topological polar surface area (TPSA) is 156 Å². The Kier molecular flexibility index (Phi) is 15.8. The lowest BCUT2D eigenvalue weighted by Crippen LogP contribution is -2.49. The van der Waals surface area contributed by atoms with Crippen LogP contribution in [0.1, 0.15) is 99.3 Å². The molecule has 0 aliphatic carbocycles. The molecular formula is C37H56FN5O7. The van der Waals surface area contributed by atoms with E-state index in [0.29, 0.717) is 43.8 Å². The Hall–Kier alpha value is -3.87. The van der Waals surface area contributed by atoms with Crippen molar-refractivity contribution in [1.29, 1.82) is 0 Å². The van der Waals surface area contributed by atoms with Gasteiger partial charge in [0.15, 0.2) is 11.9 Å². The molecule has 1 aliphatic heterocycles. The van der Waals surface area contributed by atoms with Gasteiger partial charge in [0.25, 0.3) is 5.67 Å². The first-order valence-corrected chi connectivity index (χ1v) is 18.1. The number of nitrogens with two attached hydrogens (primary N) is 1. The Bertz CT molecular complexity index is 1420. The quantitative estimate of drug-likeness (QED) is 0.0599.